The van der Waals surface area contributed by atoms with E-state index in [2.05, 4.69) is 5.32 Å². The van der Waals surface area contributed by atoms with E-state index in [1.165, 1.54) is 0 Å². The summed E-state index contributed by atoms with van der Waals surface area (Å²) < 4.78 is 0. The molecule has 1 aromatic rings. The van der Waals surface area contributed by atoms with Crippen LogP contribution < -0.4 is 10.2 Å². The first kappa shape index (κ1) is 14.2. The van der Waals surface area contributed by atoms with Crippen molar-refractivity contribution in [2.24, 2.45) is 0 Å². The molecule has 2 amide bonds. The summed E-state index contributed by atoms with van der Waals surface area (Å²) >= 11 is 0. The summed E-state index contributed by atoms with van der Waals surface area (Å²) in [4.78, 5) is 37.3. The van der Waals surface area contributed by atoms with Gasteiger partial charge in [0.05, 0.1) is 6.54 Å². The third-order valence-electron chi connectivity index (χ3n) is 3.48. The highest BCUT2D eigenvalue weighted by molar-refractivity contribution is 6.07. The van der Waals surface area contributed by atoms with Gasteiger partial charge in [-0.25, -0.2) is 0 Å². The zero-order valence-electron chi connectivity index (χ0n) is 11.7. The van der Waals surface area contributed by atoms with Crippen LogP contribution in [0, 0.1) is 0 Å². The van der Waals surface area contributed by atoms with Gasteiger partial charge in [-0.2, -0.15) is 0 Å². The molecule has 1 aliphatic heterocycles. The molecule has 1 heterocycles. The first-order chi connectivity index (χ1) is 9.58. The van der Waals surface area contributed by atoms with E-state index in [9.17, 15) is 14.4 Å². The van der Waals surface area contributed by atoms with E-state index in [1.54, 1.807) is 30.0 Å². The third-order valence-corrected chi connectivity index (χ3v) is 3.48. The van der Waals surface area contributed by atoms with Gasteiger partial charge in [0.25, 0.3) is 0 Å². The van der Waals surface area contributed by atoms with E-state index in [4.69, 9.17) is 0 Å². The molecular formula is C15H18N2O3. The molecule has 1 N–H and O–H groups in total. The quantitative estimate of drug-likeness (QED) is 0.668. The lowest BCUT2D eigenvalue weighted by Gasteiger charge is -2.36. The van der Waals surface area contributed by atoms with E-state index in [1.807, 2.05) is 13.0 Å². The predicted octanol–water partition coefficient (Wildman–Crippen LogP) is 1.52. The summed E-state index contributed by atoms with van der Waals surface area (Å²) in [7, 11) is 0. The Hall–Kier alpha value is -2.17. The van der Waals surface area contributed by atoms with E-state index >= 15 is 0 Å². The summed E-state index contributed by atoms with van der Waals surface area (Å²) in [6.45, 7) is 3.78. The lowest BCUT2D eigenvalue weighted by molar-refractivity contribution is -0.132. The largest absolute Gasteiger partial charge is 0.350 e. The summed E-state index contributed by atoms with van der Waals surface area (Å²) in [5.41, 5.74) is 1.23. The standard InChI is InChI=1S/C15H18N2O3/c1-3-11-15(20)16-14(19)9-17(11)12-8-6-5-7-10(12)13(18)4-2/h5-8,11H,3-4,9H2,1-2H3,(H,16,19,20). The molecule has 5 heteroatoms. The molecule has 5 nitrogen and oxygen atoms in total. The summed E-state index contributed by atoms with van der Waals surface area (Å²) in [6, 6.07) is 6.71. The van der Waals surface area contributed by atoms with Crippen LogP contribution in [0.1, 0.15) is 37.0 Å². The van der Waals surface area contributed by atoms with Crippen molar-refractivity contribution < 1.29 is 14.4 Å². The van der Waals surface area contributed by atoms with Crippen LogP contribution in [0.15, 0.2) is 24.3 Å². The van der Waals surface area contributed by atoms with E-state index in [0.29, 0.717) is 24.1 Å². The number of nitrogens with one attached hydrogen (secondary N) is 1. The maximum Gasteiger partial charge on any atom is 0.249 e. The number of hydrogen-bond acceptors (Lipinski definition) is 4. The number of imide groups is 1. The normalized spacial score (nSPS) is 18.9. The number of rotatable bonds is 4. The van der Waals surface area contributed by atoms with Gasteiger partial charge >= 0.3 is 0 Å². The van der Waals surface area contributed by atoms with E-state index < -0.39 is 6.04 Å². The SMILES string of the molecule is CCC(=O)c1ccccc1N1CC(=O)NC(=O)C1CC. The van der Waals surface area contributed by atoms with Crippen LogP contribution in [-0.2, 0) is 9.59 Å². The van der Waals surface area contributed by atoms with E-state index in [0.717, 1.165) is 0 Å². The monoisotopic (exact) mass is 274 g/mol. The smallest absolute Gasteiger partial charge is 0.249 e. The zero-order chi connectivity index (χ0) is 14.7. The lowest BCUT2D eigenvalue weighted by atomic mass is 10.0. The number of benzene rings is 1. The first-order valence-corrected chi connectivity index (χ1v) is 6.81. The van der Waals surface area contributed by atoms with Crippen molar-refractivity contribution in [3.05, 3.63) is 29.8 Å². The lowest BCUT2D eigenvalue weighted by Crippen LogP contribution is -2.58. The van der Waals surface area contributed by atoms with Crippen LogP contribution in [0.25, 0.3) is 0 Å². The molecule has 0 saturated carbocycles. The van der Waals surface area contributed by atoms with Crippen LogP contribution in [0.4, 0.5) is 5.69 Å². The maximum atomic E-state index is 12.0. The number of amides is 2. The number of Topliss-reactive ketones (excluding diaryl/α,β-unsaturated/α-hetero) is 1. The third kappa shape index (κ3) is 2.57. The van der Waals surface area contributed by atoms with E-state index in [-0.39, 0.29) is 24.1 Å². The summed E-state index contributed by atoms with van der Waals surface area (Å²) in [5.74, 6) is -0.630. The van der Waals surface area contributed by atoms with Gasteiger partial charge in [0.1, 0.15) is 6.04 Å². The molecule has 0 aromatic heterocycles. The fourth-order valence-electron chi connectivity index (χ4n) is 2.48. The summed E-state index contributed by atoms with van der Waals surface area (Å²) in [5, 5.41) is 2.34. The van der Waals surface area contributed by atoms with Crippen LogP contribution in [0.5, 0.6) is 0 Å². The number of carbonyl (C=O) groups excluding carboxylic acids is 3. The fraction of sp³-hybridized carbons (Fsp3) is 0.400. The molecule has 1 unspecified atom stereocenters. The number of para-hydroxylation sites is 1. The second-order valence-corrected chi connectivity index (χ2v) is 4.76. The van der Waals surface area contributed by atoms with Gasteiger partial charge in [-0.05, 0) is 18.6 Å². The Morgan fingerprint density at radius 1 is 1.30 bits per heavy atom. The van der Waals surface area contributed by atoms with Crippen LogP contribution >= 0.6 is 0 Å². The fourth-order valence-corrected chi connectivity index (χ4v) is 2.48. The number of carbonyl (C=O) groups is 3. The van der Waals surface area contributed by atoms with Crippen LogP contribution in [-0.4, -0.2) is 30.2 Å². The second-order valence-electron chi connectivity index (χ2n) is 4.76. The predicted molar refractivity (Wildman–Crippen MR) is 75.6 cm³/mol. The van der Waals surface area contributed by atoms with Crippen molar-refractivity contribution in [2.75, 3.05) is 11.4 Å². The Morgan fingerprint density at radius 2 is 2.00 bits per heavy atom. The minimum atomic E-state index is -0.418. The highest BCUT2D eigenvalue weighted by atomic mass is 16.2. The van der Waals surface area contributed by atoms with Gasteiger partial charge < -0.3 is 4.90 Å². The Kier molecular flexibility index (Phi) is 4.17. The van der Waals surface area contributed by atoms with Crippen molar-refractivity contribution >= 4 is 23.3 Å². The topological polar surface area (TPSA) is 66.5 Å². The van der Waals surface area contributed by atoms with Crippen molar-refractivity contribution in [2.45, 2.75) is 32.7 Å². The molecule has 20 heavy (non-hydrogen) atoms. The minimum absolute atomic E-state index is 0.00823. The van der Waals surface area contributed by atoms with Gasteiger partial charge in [-0.15, -0.1) is 0 Å². The molecule has 0 bridgehead atoms. The van der Waals surface area contributed by atoms with Crippen molar-refractivity contribution in [3.63, 3.8) is 0 Å². The highest BCUT2D eigenvalue weighted by Crippen LogP contribution is 2.26. The van der Waals surface area contributed by atoms with Crippen molar-refractivity contribution in [3.8, 4) is 0 Å². The Balaban J connectivity index is 2.45. The second kappa shape index (κ2) is 5.86. The average Bonchev–Trinajstić information content (AvgIpc) is 2.45. The molecule has 1 aromatic carbocycles. The molecule has 0 radical (unpaired) electrons. The summed E-state index contributed by atoms with van der Waals surface area (Å²) in [6.07, 6.45) is 0.968. The van der Waals surface area contributed by atoms with Crippen molar-refractivity contribution in [1.82, 2.24) is 5.32 Å². The Bertz CT molecular complexity index is 554. The Morgan fingerprint density at radius 3 is 2.65 bits per heavy atom. The highest BCUT2D eigenvalue weighted by Gasteiger charge is 2.33. The zero-order valence-corrected chi connectivity index (χ0v) is 11.7. The molecule has 1 atom stereocenters. The molecule has 1 fully saturated rings. The Labute approximate surface area is 118 Å². The molecule has 106 valence electrons. The number of ketones is 1. The molecule has 2 rings (SSSR count). The molecule has 1 aliphatic rings. The van der Waals surface area contributed by atoms with Gasteiger partial charge in [-0.1, -0.05) is 26.0 Å². The molecule has 0 spiro atoms. The first-order valence-electron chi connectivity index (χ1n) is 6.81. The molecule has 0 aliphatic carbocycles. The van der Waals surface area contributed by atoms with Gasteiger partial charge in [0, 0.05) is 17.7 Å². The van der Waals surface area contributed by atoms with Crippen LogP contribution in [0.2, 0.25) is 0 Å². The van der Waals surface area contributed by atoms with Gasteiger partial charge in [0.2, 0.25) is 11.8 Å². The molecular weight excluding hydrogens is 256 g/mol. The maximum absolute atomic E-state index is 12.0. The number of anilines is 1. The molecule has 1 saturated heterocycles. The van der Waals surface area contributed by atoms with Gasteiger partial charge in [0.15, 0.2) is 5.78 Å². The van der Waals surface area contributed by atoms with Crippen LogP contribution in [0.3, 0.4) is 0 Å². The van der Waals surface area contributed by atoms with Crippen molar-refractivity contribution in [1.29, 1.82) is 0 Å². The number of nitrogens with zero attached hydrogens (tertiary/aromatic N) is 1. The minimum Gasteiger partial charge on any atom is -0.350 e. The number of piperazine rings is 1. The number of hydrogen-bond donors (Lipinski definition) is 1. The van der Waals surface area contributed by atoms with Gasteiger partial charge in [-0.3, -0.25) is 19.7 Å². The average molecular weight is 274 g/mol.